The molecular formula is C22H22N6O3S. The Morgan fingerprint density at radius 2 is 1.78 bits per heavy atom. The molecule has 0 bridgehead atoms. The number of para-hydroxylation sites is 1. The molecule has 164 valence electrons. The molecule has 0 amide bonds. The van der Waals surface area contributed by atoms with E-state index in [4.69, 9.17) is 0 Å². The standard InChI is InChI=1S/C22H22N6O3S/c1-28-22(29)20-16(23-15-6-3-4-8-17(15)32(2,30)31)12-19(26-21(20)27-28)25-18-9-5-7-14(24-18)13-10-11-13/h3-9,12-13H,10-11H2,1-2H3,(H3,23,24,25,26,27). The lowest BCUT2D eigenvalue weighted by Crippen LogP contribution is -2.12. The molecular weight excluding hydrogens is 428 g/mol. The van der Waals surface area contributed by atoms with E-state index in [9.17, 15) is 13.2 Å². The summed E-state index contributed by atoms with van der Waals surface area (Å²) in [5, 5.41) is 9.61. The summed E-state index contributed by atoms with van der Waals surface area (Å²) in [5.41, 5.74) is 1.97. The van der Waals surface area contributed by atoms with Crippen LogP contribution in [0.1, 0.15) is 24.5 Å². The number of sulfone groups is 1. The summed E-state index contributed by atoms with van der Waals surface area (Å²) >= 11 is 0. The Hall–Kier alpha value is -3.66. The highest BCUT2D eigenvalue weighted by Crippen LogP contribution is 2.39. The molecule has 5 rings (SSSR count). The molecule has 0 unspecified atom stereocenters. The van der Waals surface area contributed by atoms with Crippen LogP contribution in [0.4, 0.5) is 23.0 Å². The van der Waals surface area contributed by atoms with E-state index in [1.54, 1.807) is 31.3 Å². The van der Waals surface area contributed by atoms with Crippen LogP contribution in [-0.4, -0.2) is 34.4 Å². The average molecular weight is 451 g/mol. The Morgan fingerprint density at radius 1 is 1.00 bits per heavy atom. The summed E-state index contributed by atoms with van der Waals surface area (Å²) in [4.78, 5) is 22.1. The van der Waals surface area contributed by atoms with Crippen LogP contribution in [0.5, 0.6) is 0 Å². The number of aryl methyl sites for hydroxylation is 1. The van der Waals surface area contributed by atoms with Crippen LogP contribution < -0.4 is 16.2 Å². The molecule has 1 aliphatic carbocycles. The number of aromatic amines is 1. The summed E-state index contributed by atoms with van der Waals surface area (Å²) in [6.07, 6.45) is 3.45. The fourth-order valence-corrected chi connectivity index (χ4v) is 4.52. The van der Waals surface area contributed by atoms with Crippen molar-refractivity contribution in [1.29, 1.82) is 0 Å². The second kappa shape index (κ2) is 7.49. The first-order valence-corrected chi connectivity index (χ1v) is 12.1. The molecule has 9 nitrogen and oxygen atoms in total. The molecule has 4 aromatic rings. The Labute approximate surface area is 184 Å². The van der Waals surface area contributed by atoms with Gasteiger partial charge in [0.2, 0.25) is 0 Å². The highest BCUT2D eigenvalue weighted by Gasteiger charge is 2.25. The molecule has 3 aromatic heterocycles. The van der Waals surface area contributed by atoms with Gasteiger partial charge in [0.05, 0.1) is 16.3 Å². The van der Waals surface area contributed by atoms with Crippen molar-refractivity contribution in [2.24, 2.45) is 7.05 Å². The van der Waals surface area contributed by atoms with Crippen LogP contribution in [0, 0.1) is 0 Å². The van der Waals surface area contributed by atoms with Crippen molar-refractivity contribution in [3.63, 3.8) is 0 Å². The van der Waals surface area contributed by atoms with Crippen LogP contribution in [0.25, 0.3) is 11.0 Å². The Bertz CT molecular complexity index is 1500. The lowest BCUT2D eigenvalue weighted by Gasteiger charge is -2.13. The molecule has 1 fully saturated rings. The van der Waals surface area contributed by atoms with Crippen molar-refractivity contribution in [3.05, 3.63) is 64.6 Å². The van der Waals surface area contributed by atoms with Crippen molar-refractivity contribution < 1.29 is 8.42 Å². The maximum Gasteiger partial charge on any atom is 0.277 e. The van der Waals surface area contributed by atoms with E-state index in [2.05, 4.69) is 25.7 Å². The SMILES string of the molecule is Cn1[nH]c2nc(Nc3cccc(C4CC4)n3)cc(Nc3ccccc3S(C)(=O)=O)c2c1=O. The molecule has 0 radical (unpaired) electrons. The van der Waals surface area contributed by atoms with Gasteiger partial charge in [-0.1, -0.05) is 18.2 Å². The predicted octanol–water partition coefficient (Wildman–Crippen LogP) is 3.42. The third-order valence-electron chi connectivity index (χ3n) is 5.39. The molecule has 0 saturated heterocycles. The van der Waals surface area contributed by atoms with Gasteiger partial charge in [0.15, 0.2) is 15.5 Å². The second-order valence-corrected chi connectivity index (χ2v) is 9.98. The van der Waals surface area contributed by atoms with Gasteiger partial charge in [-0.25, -0.2) is 18.4 Å². The van der Waals surface area contributed by atoms with Gasteiger partial charge in [0.25, 0.3) is 5.56 Å². The quantitative estimate of drug-likeness (QED) is 0.411. The van der Waals surface area contributed by atoms with Gasteiger partial charge in [0, 0.05) is 31.0 Å². The summed E-state index contributed by atoms with van der Waals surface area (Å²) in [6, 6.07) is 14.1. The number of aromatic nitrogens is 4. The third-order valence-corrected chi connectivity index (χ3v) is 6.54. The molecule has 32 heavy (non-hydrogen) atoms. The van der Waals surface area contributed by atoms with E-state index in [1.165, 1.54) is 10.7 Å². The smallest absolute Gasteiger partial charge is 0.277 e. The van der Waals surface area contributed by atoms with Gasteiger partial charge in [-0.3, -0.25) is 14.6 Å². The number of rotatable bonds is 6. The minimum absolute atomic E-state index is 0.144. The largest absolute Gasteiger partial charge is 0.354 e. The Morgan fingerprint density at radius 3 is 2.53 bits per heavy atom. The van der Waals surface area contributed by atoms with Crippen LogP contribution in [-0.2, 0) is 16.9 Å². The summed E-state index contributed by atoms with van der Waals surface area (Å²) in [6.45, 7) is 0. The van der Waals surface area contributed by atoms with Crippen molar-refractivity contribution in [2.45, 2.75) is 23.7 Å². The lowest BCUT2D eigenvalue weighted by atomic mass is 10.2. The first-order valence-electron chi connectivity index (χ1n) is 10.2. The molecule has 3 heterocycles. The van der Waals surface area contributed by atoms with Crippen molar-refractivity contribution in [1.82, 2.24) is 19.7 Å². The zero-order chi connectivity index (χ0) is 22.5. The van der Waals surface area contributed by atoms with E-state index < -0.39 is 9.84 Å². The molecule has 1 saturated carbocycles. The van der Waals surface area contributed by atoms with Crippen molar-refractivity contribution in [3.8, 4) is 0 Å². The highest BCUT2D eigenvalue weighted by atomic mass is 32.2. The minimum Gasteiger partial charge on any atom is -0.354 e. The van der Waals surface area contributed by atoms with Gasteiger partial charge in [-0.15, -0.1) is 0 Å². The number of anilines is 4. The van der Waals surface area contributed by atoms with Crippen LogP contribution in [0.3, 0.4) is 0 Å². The maximum absolute atomic E-state index is 12.7. The summed E-state index contributed by atoms with van der Waals surface area (Å²) in [7, 11) is -1.87. The number of nitrogens with zero attached hydrogens (tertiary/aromatic N) is 3. The van der Waals surface area contributed by atoms with Crippen LogP contribution in [0.15, 0.2) is 58.2 Å². The topological polar surface area (TPSA) is 122 Å². The van der Waals surface area contributed by atoms with Crippen LogP contribution >= 0.6 is 0 Å². The molecule has 1 aromatic carbocycles. The minimum atomic E-state index is -3.47. The summed E-state index contributed by atoms with van der Waals surface area (Å²) in [5.74, 6) is 1.64. The maximum atomic E-state index is 12.7. The first kappa shape index (κ1) is 20.3. The zero-order valence-electron chi connectivity index (χ0n) is 17.6. The van der Waals surface area contributed by atoms with Crippen LogP contribution in [0.2, 0.25) is 0 Å². The van der Waals surface area contributed by atoms with Gasteiger partial charge in [-0.2, -0.15) is 0 Å². The summed E-state index contributed by atoms with van der Waals surface area (Å²) < 4.78 is 25.8. The van der Waals surface area contributed by atoms with E-state index in [0.717, 1.165) is 24.8 Å². The third kappa shape index (κ3) is 3.84. The Kier molecular flexibility index (Phi) is 4.74. The second-order valence-electron chi connectivity index (χ2n) is 7.99. The highest BCUT2D eigenvalue weighted by molar-refractivity contribution is 7.90. The van der Waals surface area contributed by atoms with E-state index in [0.29, 0.717) is 40.0 Å². The Balaban J connectivity index is 1.59. The molecule has 0 atom stereocenters. The molecule has 0 aliphatic heterocycles. The van der Waals surface area contributed by atoms with Crippen molar-refractivity contribution in [2.75, 3.05) is 16.9 Å². The van der Waals surface area contributed by atoms with Gasteiger partial charge >= 0.3 is 0 Å². The molecule has 10 heteroatoms. The first-order chi connectivity index (χ1) is 15.3. The van der Waals surface area contributed by atoms with Crippen molar-refractivity contribution >= 4 is 43.9 Å². The number of H-pyrrole nitrogens is 1. The number of fused-ring (bicyclic) bond motifs is 1. The number of pyridine rings is 2. The fourth-order valence-electron chi connectivity index (χ4n) is 3.68. The molecule has 0 spiro atoms. The number of hydrogen-bond acceptors (Lipinski definition) is 7. The van der Waals surface area contributed by atoms with Gasteiger partial charge < -0.3 is 10.6 Å². The molecule has 3 N–H and O–H groups in total. The normalized spacial score (nSPS) is 13.9. The van der Waals surface area contributed by atoms with Gasteiger partial charge in [-0.05, 0) is 37.1 Å². The molecule has 1 aliphatic rings. The zero-order valence-corrected chi connectivity index (χ0v) is 18.4. The predicted molar refractivity (Wildman–Crippen MR) is 124 cm³/mol. The lowest BCUT2D eigenvalue weighted by molar-refractivity contribution is 0.602. The van der Waals surface area contributed by atoms with E-state index in [-0.39, 0.29) is 10.5 Å². The number of hydrogen-bond donors (Lipinski definition) is 3. The van der Waals surface area contributed by atoms with Gasteiger partial charge in [0.1, 0.15) is 17.0 Å². The number of nitrogens with one attached hydrogen (secondary N) is 3. The van der Waals surface area contributed by atoms with E-state index >= 15 is 0 Å². The monoisotopic (exact) mass is 450 g/mol. The van der Waals surface area contributed by atoms with E-state index in [1.807, 2.05) is 18.2 Å². The average Bonchev–Trinajstić information content (AvgIpc) is 3.54. The fraction of sp³-hybridized carbons (Fsp3) is 0.227. The number of benzene rings is 1.